The number of nitrogens with one attached hydrogen (secondary N) is 1. The summed E-state index contributed by atoms with van der Waals surface area (Å²) in [5.41, 5.74) is 6.08. The van der Waals surface area contributed by atoms with Crippen molar-refractivity contribution in [3.8, 4) is 0 Å². The molecule has 1 fully saturated rings. The van der Waals surface area contributed by atoms with Crippen LogP contribution in [-0.2, 0) is 0 Å². The SMILES string of the molecule is C=C(c1ccc2ncnc(NC3CCN(C)CC3)c2c1)c1ccc(C)nc1C. The summed E-state index contributed by atoms with van der Waals surface area (Å²) < 4.78 is 0. The first-order valence-electron chi connectivity index (χ1n) is 9.85. The van der Waals surface area contributed by atoms with Crippen LogP contribution in [-0.4, -0.2) is 46.0 Å². The van der Waals surface area contributed by atoms with E-state index in [4.69, 9.17) is 0 Å². The van der Waals surface area contributed by atoms with E-state index in [0.29, 0.717) is 6.04 Å². The van der Waals surface area contributed by atoms with Crippen LogP contribution in [0.15, 0.2) is 43.2 Å². The highest BCUT2D eigenvalue weighted by Gasteiger charge is 2.18. The minimum Gasteiger partial charge on any atom is -0.367 e. The fraction of sp³-hybridized carbons (Fsp3) is 0.348. The second-order valence-electron chi connectivity index (χ2n) is 7.74. The van der Waals surface area contributed by atoms with Gasteiger partial charge in [0, 0.05) is 28.4 Å². The molecule has 4 rings (SSSR count). The maximum Gasteiger partial charge on any atom is 0.137 e. The molecule has 2 aromatic heterocycles. The van der Waals surface area contributed by atoms with Gasteiger partial charge in [0.15, 0.2) is 0 Å². The van der Waals surface area contributed by atoms with E-state index >= 15 is 0 Å². The second kappa shape index (κ2) is 7.68. The number of anilines is 1. The quantitative estimate of drug-likeness (QED) is 0.742. The summed E-state index contributed by atoms with van der Waals surface area (Å²) in [6.07, 6.45) is 3.90. The normalized spacial score (nSPS) is 15.7. The van der Waals surface area contributed by atoms with Gasteiger partial charge in [-0.1, -0.05) is 18.7 Å². The maximum atomic E-state index is 4.58. The minimum atomic E-state index is 0.449. The summed E-state index contributed by atoms with van der Waals surface area (Å²) in [6, 6.07) is 10.9. The Morgan fingerprint density at radius 3 is 2.64 bits per heavy atom. The van der Waals surface area contributed by atoms with Crippen molar-refractivity contribution in [3.63, 3.8) is 0 Å². The Hall–Kier alpha value is -2.79. The molecular formula is C23H27N5. The molecule has 0 saturated carbocycles. The molecule has 0 spiro atoms. The first-order valence-corrected chi connectivity index (χ1v) is 9.85. The fourth-order valence-electron chi connectivity index (χ4n) is 3.87. The second-order valence-corrected chi connectivity index (χ2v) is 7.74. The van der Waals surface area contributed by atoms with Crippen molar-refractivity contribution in [3.05, 3.63) is 65.8 Å². The molecule has 0 amide bonds. The first-order chi connectivity index (χ1) is 13.5. The predicted molar refractivity (Wildman–Crippen MR) is 116 cm³/mol. The molecule has 1 aliphatic rings. The van der Waals surface area contributed by atoms with Gasteiger partial charge in [-0.25, -0.2) is 9.97 Å². The highest BCUT2D eigenvalue weighted by Crippen LogP contribution is 2.29. The van der Waals surface area contributed by atoms with E-state index in [1.807, 2.05) is 26.0 Å². The maximum absolute atomic E-state index is 4.58. The zero-order valence-electron chi connectivity index (χ0n) is 16.9. The van der Waals surface area contributed by atoms with Gasteiger partial charge >= 0.3 is 0 Å². The lowest BCUT2D eigenvalue weighted by Crippen LogP contribution is -2.36. The van der Waals surface area contributed by atoms with Gasteiger partial charge in [-0.05, 0) is 76.2 Å². The number of piperidine rings is 1. The Bertz CT molecular complexity index is 1020. The average molecular weight is 374 g/mol. The molecule has 3 heterocycles. The molecule has 0 aliphatic carbocycles. The zero-order chi connectivity index (χ0) is 19.7. The van der Waals surface area contributed by atoms with Crippen molar-refractivity contribution >= 4 is 22.3 Å². The van der Waals surface area contributed by atoms with Crippen molar-refractivity contribution in [1.29, 1.82) is 0 Å². The molecule has 0 atom stereocenters. The molecule has 5 heteroatoms. The van der Waals surface area contributed by atoms with Crippen LogP contribution in [0.5, 0.6) is 0 Å². The van der Waals surface area contributed by atoms with Crippen LogP contribution in [0.25, 0.3) is 16.5 Å². The van der Waals surface area contributed by atoms with E-state index in [1.54, 1.807) is 6.33 Å². The molecule has 28 heavy (non-hydrogen) atoms. The number of likely N-dealkylation sites (tertiary alicyclic amines) is 1. The molecule has 144 valence electrons. The van der Waals surface area contributed by atoms with Crippen LogP contribution in [0.4, 0.5) is 5.82 Å². The molecule has 1 aromatic carbocycles. The van der Waals surface area contributed by atoms with Gasteiger partial charge in [0.2, 0.25) is 0 Å². The topological polar surface area (TPSA) is 53.9 Å². The van der Waals surface area contributed by atoms with Gasteiger partial charge in [0.25, 0.3) is 0 Å². The van der Waals surface area contributed by atoms with Crippen molar-refractivity contribution in [2.24, 2.45) is 0 Å². The third-order valence-electron chi connectivity index (χ3n) is 5.59. The zero-order valence-corrected chi connectivity index (χ0v) is 16.9. The monoisotopic (exact) mass is 373 g/mol. The number of rotatable bonds is 4. The van der Waals surface area contributed by atoms with Crippen LogP contribution >= 0.6 is 0 Å². The van der Waals surface area contributed by atoms with E-state index < -0.39 is 0 Å². The number of hydrogen-bond donors (Lipinski definition) is 1. The highest BCUT2D eigenvalue weighted by atomic mass is 15.1. The van der Waals surface area contributed by atoms with Gasteiger partial charge in [0.1, 0.15) is 12.1 Å². The van der Waals surface area contributed by atoms with Crippen LogP contribution in [0.2, 0.25) is 0 Å². The Labute approximate surface area is 166 Å². The van der Waals surface area contributed by atoms with Crippen molar-refractivity contribution in [1.82, 2.24) is 19.9 Å². The third-order valence-corrected chi connectivity index (χ3v) is 5.59. The lowest BCUT2D eigenvalue weighted by molar-refractivity contribution is 0.264. The Morgan fingerprint density at radius 1 is 1.11 bits per heavy atom. The fourth-order valence-corrected chi connectivity index (χ4v) is 3.87. The summed E-state index contributed by atoms with van der Waals surface area (Å²) in [6.45, 7) is 10.6. The smallest absolute Gasteiger partial charge is 0.137 e. The average Bonchev–Trinajstić information content (AvgIpc) is 2.69. The Kier molecular flexibility index (Phi) is 5.09. The van der Waals surface area contributed by atoms with Gasteiger partial charge < -0.3 is 10.2 Å². The largest absolute Gasteiger partial charge is 0.367 e. The molecule has 1 saturated heterocycles. The number of fused-ring (bicyclic) bond motifs is 1. The third kappa shape index (κ3) is 3.76. The van der Waals surface area contributed by atoms with E-state index in [2.05, 4.69) is 57.0 Å². The number of pyridine rings is 1. The number of aryl methyl sites for hydroxylation is 2. The van der Waals surface area contributed by atoms with Crippen molar-refractivity contribution in [2.45, 2.75) is 32.7 Å². The number of benzene rings is 1. The predicted octanol–water partition coefficient (Wildman–Crippen LogP) is 4.21. The van der Waals surface area contributed by atoms with Crippen LogP contribution < -0.4 is 5.32 Å². The standard InChI is InChI=1S/C23H27N5/c1-15-5-7-20(17(3)26-15)16(2)18-6-8-22-21(13-18)23(25-14-24-22)27-19-9-11-28(4)12-10-19/h5-8,13-14,19H,2,9-12H2,1,3-4H3,(H,24,25,27). The van der Waals surface area contributed by atoms with Gasteiger partial charge in [-0.15, -0.1) is 0 Å². The first kappa shape index (κ1) is 18.6. The molecular weight excluding hydrogens is 346 g/mol. The Morgan fingerprint density at radius 2 is 1.89 bits per heavy atom. The molecule has 1 aliphatic heterocycles. The molecule has 5 nitrogen and oxygen atoms in total. The Balaban J connectivity index is 1.67. The van der Waals surface area contributed by atoms with Gasteiger partial charge in [0.05, 0.1) is 5.52 Å². The molecule has 3 aromatic rings. The number of hydrogen-bond acceptors (Lipinski definition) is 5. The molecule has 0 radical (unpaired) electrons. The molecule has 0 bridgehead atoms. The lowest BCUT2D eigenvalue weighted by atomic mass is 9.97. The van der Waals surface area contributed by atoms with E-state index in [9.17, 15) is 0 Å². The summed E-state index contributed by atoms with van der Waals surface area (Å²) in [4.78, 5) is 15.9. The van der Waals surface area contributed by atoms with Gasteiger partial charge in [-0.3, -0.25) is 4.98 Å². The van der Waals surface area contributed by atoms with E-state index in [-0.39, 0.29) is 0 Å². The number of nitrogens with zero attached hydrogens (tertiary/aromatic N) is 4. The van der Waals surface area contributed by atoms with E-state index in [1.165, 1.54) is 0 Å². The van der Waals surface area contributed by atoms with Crippen LogP contribution in [0, 0.1) is 13.8 Å². The van der Waals surface area contributed by atoms with Gasteiger partial charge in [-0.2, -0.15) is 0 Å². The lowest BCUT2D eigenvalue weighted by Gasteiger charge is -2.30. The summed E-state index contributed by atoms with van der Waals surface area (Å²) in [5, 5.41) is 4.69. The van der Waals surface area contributed by atoms with E-state index in [0.717, 1.165) is 70.7 Å². The van der Waals surface area contributed by atoms with Crippen molar-refractivity contribution in [2.75, 3.05) is 25.5 Å². The summed E-state index contributed by atoms with van der Waals surface area (Å²) in [7, 11) is 2.18. The molecule has 0 unspecified atom stereocenters. The summed E-state index contributed by atoms with van der Waals surface area (Å²) in [5.74, 6) is 0.910. The minimum absolute atomic E-state index is 0.449. The number of aromatic nitrogens is 3. The highest BCUT2D eigenvalue weighted by molar-refractivity contribution is 5.93. The van der Waals surface area contributed by atoms with Crippen LogP contribution in [0.3, 0.4) is 0 Å². The molecule has 1 N–H and O–H groups in total. The van der Waals surface area contributed by atoms with Crippen LogP contribution in [0.1, 0.15) is 35.4 Å². The van der Waals surface area contributed by atoms with Crippen molar-refractivity contribution < 1.29 is 0 Å². The summed E-state index contributed by atoms with van der Waals surface area (Å²) >= 11 is 0.